The summed E-state index contributed by atoms with van der Waals surface area (Å²) < 4.78 is 12.5. The minimum absolute atomic E-state index is 0.0689. The Kier molecular flexibility index (Phi) is 11.2. The number of carbonyl (C=O) groups excluding carboxylic acids is 1. The number of methoxy groups -OCH3 is 2. The molecule has 2 aromatic rings. The van der Waals surface area contributed by atoms with Gasteiger partial charge in [-0.15, -0.1) is 6.58 Å². The fraction of sp³-hybridized carbons (Fsp3) is 0.433. The van der Waals surface area contributed by atoms with Crippen LogP contribution in [-0.4, -0.2) is 56.3 Å². The van der Waals surface area contributed by atoms with E-state index in [0.29, 0.717) is 48.0 Å². The second-order valence-electron chi connectivity index (χ2n) is 9.57. The second-order valence-corrected chi connectivity index (χ2v) is 9.57. The van der Waals surface area contributed by atoms with Crippen molar-refractivity contribution in [2.75, 3.05) is 46.3 Å². The highest BCUT2D eigenvalue weighted by Crippen LogP contribution is 2.47. The van der Waals surface area contributed by atoms with Crippen LogP contribution in [0.3, 0.4) is 0 Å². The lowest BCUT2D eigenvalue weighted by Crippen LogP contribution is -2.23. The largest absolute Gasteiger partial charge is 0.399 e. The lowest BCUT2D eigenvalue weighted by atomic mass is 10.1. The van der Waals surface area contributed by atoms with E-state index in [-0.39, 0.29) is 11.4 Å². The highest BCUT2D eigenvalue weighted by atomic mass is 16.5. The Morgan fingerprint density at radius 1 is 1.24 bits per heavy atom. The molecule has 7 heteroatoms. The molecule has 1 aliphatic carbocycles. The summed E-state index contributed by atoms with van der Waals surface area (Å²) >= 11 is 0. The molecule has 0 spiro atoms. The summed E-state index contributed by atoms with van der Waals surface area (Å²) in [6, 6.07) is 7.59. The number of likely N-dealkylation sites (N-methyl/N-ethyl adjacent to an activating group) is 1. The van der Waals surface area contributed by atoms with Crippen molar-refractivity contribution >= 4 is 17.3 Å². The van der Waals surface area contributed by atoms with Gasteiger partial charge in [0.1, 0.15) is 5.69 Å². The first kappa shape index (κ1) is 29.9. The van der Waals surface area contributed by atoms with Crippen molar-refractivity contribution in [3.63, 3.8) is 0 Å². The Balaban J connectivity index is 0.00000153. The van der Waals surface area contributed by atoms with Crippen LogP contribution in [0.25, 0.3) is 5.70 Å². The molecule has 3 N–H and O–H groups in total. The van der Waals surface area contributed by atoms with Gasteiger partial charge in [0, 0.05) is 48.9 Å². The number of aromatic nitrogens is 1. The van der Waals surface area contributed by atoms with Gasteiger partial charge in [-0.3, -0.25) is 9.69 Å². The predicted molar refractivity (Wildman–Crippen MR) is 153 cm³/mol. The van der Waals surface area contributed by atoms with Gasteiger partial charge in [0.05, 0.1) is 25.3 Å². The fourth-order valence-corrected chi connectivity index (χ4v) is 4.13. The van der Waals surface area contributed by atoms with Crippen molar-refractivity contribution in [1.82, 2.24) is 9.47 Å². The van der Waals surface area contributed by atoms with Crippen LogP contribution in [0.1, 0.15) is 59.6 Å². The Morgan fingerprint density at radius 3 is 2.38 bits per heavy atom. The van der Waals surface area contributed by atoms with Gasteiger partial charge in [-0.05, 0) is 64.3 Å². The van der Waals surface area contributed by atoms with Crippen molar-refractivity contribution in [3.8, 4) is 11.8 Å². The van der Waals surface area contributed by atoms with Crippen LogP contribution < -0.4 is 11.1 Å². The quantitative estimate of drug-likeness (QED) is 0.359. The van der Waals surface area contributed by atoms with Crippen LogP contribution in [0.5, 0.6) is 0 Å². The zero-order valence-corrected chi connectivity index (χ0v) is 23.2. The highest BCUT2D eigenvalue weighted by molar-refractivity contribution is 6.09. The molecule has 0 atom stereocenters. The number of nitrogens with zero attached hydrogens (tertiary/aromatic N) is 2. The Morgan fingerprint density at radius 2 is 1.86 bits per heavy atom. The summed E-state index contributed by atoms with van der Waals surface area (Å²) in [5, 5.41) is 3.02. The van der Waals surface area contributed by atoms with Gasteiger partial charge in [0.15, 0.2) is 0 Å². The van der Waals surface area contributed by atoms with Gasteiger partial charge in [-0.1, -0.05) is 30.7 Å². The first-order valence-electron chi connectivity index (χ1n) is 12.5. The second kappa shape index (κ2) is 13.8. The minimum atomic E-state index is -0.246. The lowest BCUT2D eigenvalue weighted by Gasteiger charge is -2.17. The monoisotopic (exact) mass is 506 g/mol. The standard InChI is InChI=1S/C27H36N4O3.C3H6/c1-19(28)24-20(2)31(27(3)13-14-27)23(8-7-15-30(4)16-17-33-5)25(24)26(32)29-22-11-9-21(10-12-22)18-34-6;1-3-2/h9-12H,1,13-18,28H2,2-6H3,(H,29,32);3H,1H2,2H3. The van der Waals surface area contributed by atoms with Crippen LogP contribution >= 0.6 is 0 Å². The van der Waals surface area contributed by atoms with E-state index in [1.165, 1.54) is 0 Å². The smallest absolute Gasteiger partial charge is 0.259 e. The van der Waals surface area contributed by atoms with E-state index in [1.807, 2.05) is 45.2 Å². The Hall–Kier alpha value is -3.31. The average Bonchev–Trinajstić information content (AvgIpc) is 3.51. The number of rotatable bonds is 10. The van der Waals surface area contributed by atoms with Crippen molar-refractivity contribution in [2.45, 2.75) is 45.8 Å². The van der Waals surface area contributed by atoms with E-state index < -0.39 is 0 Å². The normalized spacial score (nSPS) is 13.2. The molecule has 1 aliphatic rings. The molecule has 3 rings (SSSR count). The van der Waals surface area contributed by atoms with E-state index in [1.54, 1.807) is 20.3 Å². The number of carbonyl (C=O) groups is 1. The van der Waals surface area contributed by atoms with Gasteiger partial charge in [0.2, 0.25) is 0 Å². The number of allylic oxidation sites excluding steroid dienone is 1. The van der Waals surface area contributed by atoms with Crippen molar-refractivity contribution in [1.29, 1.82) is 0 Å². The number of hydrogen-bond acceptors (Lipinski definition) is 5. The summed E-state index contributed by atoms with van der Waals surface area (Å²) in [4.78, 5) is 15.7. The van der Waals surface area contributed by atoms with Gasteiger partial charge in [0.25, 0.3) is 5.91 Å². The molecule has 7 nitrogen and oxygen atoms in total. The van der Waals surface area contributed by atoms with Crippen LogP contribution in [0.2, 0.25) is 0 Å². The third-order valence-corrected chi connectivity index (χ3v) is 6.22. The van der Waals surface area contributed by atoms with Crippen molar-refractivity contribution in [3.05, 3.63) is 71.6 Å². The third kappa shape index (κ3) is 7.83. The Bertz CT molecular complexity index is 1150. The molecular formula is C30H42N4O3. The first-order valence-corrected chi connectivity index (χ1v) is 12.5. The van der Waals surface area contributed by atoms with Gasteiger partial charge < -0.3 is 25.1 Å². The summed E-state index contributed by atoms with van der Waals surface area (Å²) in [7, 11) is 5.33. The zero-order chi connectivity index (χ0) is 27.6. The van der Waals surface area contributed by atoms with E-state index in [2.05, 4.69) is 46.7 Å². The van der Waals surface area contributed by atoms with E-state index in [9.17, 15) is 4.79 Å². The molecule has 1 heterocycles. The van der Waals surface area contributed by atoms with Crippen molar-refractivity contribution < 1.29 is 14.3 Å². The molecule has 1 amide bonds. The summed E-state index contributed by atoms with van der Waals surface area (Å²) in [6.45, 7) is 15.9. The van der Waals surface area contributed by atoms with Gasteiger partial charge in [-0.2, -0.15) is 0 Å². The Labute approximate surface area is 222 Å². The molecule has 0 saturated heterocycles. The molecule has 1 fully saturated rings. The number of nitrogens with one attached hydrogen (secondary N) is 1. The maximum atomic E-state index is 13.6. The molecule has 1 aromatic heterocycles. The topological polar surface area (TPSA) is 81.8 Å². The lowest BCUT2D eigenvalue weighted by molar-refractivity contribution is 0.102. The molecule has 0 aliphatic heterocycles. The van der Waals surface area contributed by atoms with Crippen molar-refractivity contribution in [2.24, 2.45) is 5.73 Å². The summed E-state index contributed by atoms with van der Waals surface area (Å²) in [6.07, 6.45) is 3.81. The molecule has 0 bridgehead atoms. The fourth-order valence-electron chi connectivity index (χ4n) is 4.13. The van der Waals surface area contributed by atoms with Crippen LogP contribution in [0.4, 0.5) is 5.69 Å². The summed E-state index contributed by atoms with van der Waals surface area (Å²) in [5.74, 6) is 6.30. The van der Waals surface area contributed by atoms with E-state index in [0.717, 1.165) is 30.6 Å². The van der Waals surface area contributed by atoms with Crippen LogP contribution in [-0.2, 0) is 21.6 Å². The number of ether oxygens (including phenoxy) is 2. The minimum Gasteiger partial charge on any atom is -0.399 e. The number of benzene rings is 1. The van der Waals surface area contributed by atoms with Gasteiger partial charge >= 0.3 is 0 Å². The van der Waals surface area contributed by atoms with E-state index >= 15 is 0 Å². The molecule has 200 valence electrons. The maximum Gasteiger partial charge on any atom is 0.259 e. The molecule has 1 aromatic carbocycles. The molecular weight excluding hydrogens is 464 g/mol. The SMILES string of the molecule is C=C(N)c1c(C(=O)Nc2ccc(COC)cc2)c(C#CCN(C)CCOC)n(C2(C)CC2)c1C.C=CC. The molecule has 0 unspecified atom stereocenters. The maximum absolute atomic E-state index is 13.6. The number of anilines is 1. The number of hydrogen-bond donors (Lipinski definition) is 2. The van der Waals surface area contributed by atoms with Crippen LogP contribution in [0.15, 0.2) is 43.5 Å². The zero-order valence-electron chi connectivity index (χ0n) is 23.2. The third-order valence-electron chi connectivity index (χ3n) is 6.22. The highest BCUT2D eigenvalue weighted by Gasteiger charge is 2.43. The summed E-state index contributed by atoms with van der Waals surface area (Å²) in [5.41, 5.74) is 11.0. The predicted octanol–water partition coefficient (Wildman–Crippen LogP) is 4.76. The molecule has 1 saturated carbocycles. The molecule has 37 heavy (non-hydrogen) atoms. The number of amides is 1. The average molecular weight is 507 g/mol. The number of nitrogens with two attached hydrogens (primary N) is 1. The first-order chi connectivity index (χ1) is 17.6. The van der Waals surface area contributed by atoms with E-state index in [4.69, 9.17) is 15.2 Å². The van der Waals surface area contributed by atoms with Crippen LogP contribution in [0, 0.1) is 18.8 Å². The van der Waals surface area contributed by atoms with Gasteiger partial charge in [-0.25, -0.2) is 0 Å². The molecule has 0 radical (unpaired) electrons.